The molecule has 0 atom stereocenters. The quantitative estimate of drug-likeness (QED) is 0.553. The molecule has 0 unspecified atom stereocenters. The Kier molecular flexibility index (Phi) is 5.91. The van der Waals surface area contributed by atoms with E-state index in [9.17, 15) is 27.7 Å². The molecule has 0 aliphatic carbocycles. The molecule has 0 aromatic heterocycles. The Labute approximate surface area is 166 Å². The smallest absolute Gasteiger partial charge is 0.274 e. The van der Waals surface area contributed by atoms with E-state index in [1.165, 1.54) is 34.6 Å². The molecular formula is C18H19FN4O5S. The Morgan fingerprint density at radius 3 is 2.41 bits per heavy atom. The van der Waals surface area contributed by atoms with Crippen LogP contribution < -0.4 is 5.73 Å². The molecule has 2 aromatic carbocycles. The van der Waals surface area contributed by atoms with Crippen molar-refractivity contribution in [2.75, 3.05) is 26.2 Å². The van der Waals surface area contributed by atoms with Crippen LogP contribution in [0.2, 0.25) is 0 Å². The first-order valence-electron chi connectivity index (χ1n) is 8.73. The molecule has 1 fully saturated rings. The van der Waals surface area contributed by atoms with Crippen LogP contribution in [0.25, 0.3) is 0 Å². The van der Waals surface area contributed by atoms with Crippen molar-refractivity contribution >= 4 is 21.6 Å². The molecule has 154 valence electrons. The van der Waals surface area contributed by atoms with Crippen LogP contribution in [0.5, 0.6) is 0 Å². The normalized spacial score (nSPS) is 15.9. The highest BCUT2D eigenvalue weighted by Gasteiger charge is 2.29. The zero-order chi connectivity index (χ0) is 21.2. The molecule has 1 heterocycles. The molecule has 1 aliphatic heterocycles. The van der Waals surface area contributed by atoms with Crippen LogP contribution in [-0.2, 0) is 16.6 Å². The fourth-order valence-corrected chi connectivity index (χ4v) is 4.62. The Morgan fingerprint density at radius 1 is 1.14 bits per heavy atom. The zero-order valence-corrected chi connectivity index (χ0v) is 16.1. The second-order valence-electron chi connectivity index (χ2n) is 6.60. The SMILES string of the molecule is NC(=O)c1ccc(CN2CCN(S(=O)(=O)c3cccc(F)c3)CC2)c([N+](=O)[O-])c1. The average molecular weight is 422 g/mol. The third-order valence-corrected chi connectivity index (χ3v) is 6.62. The largest absolute Gasteiger partial charge is 0.366 e. The van der Waals surface area contributed by atoms with E-state index >= 15 is 0 Å². The van der Waals surface area contributed by atoms with E-state index in [4.69, 9.17) is 5.73 Å². The van der Waals surface area contributed by atoms with Crippen LogP contribution in [0, 0.1) is 15.9 Å². The molecule has 29 heavy (non-hydrogen) atoms. The summed E-state index contributed by atoms with van der Waals surface area (Å²) in [5.41, 5.74) is 5.41. The number of halogens is 1. The molecule has 9 nitrogen and oxygen atoms in total. The number of nitro groups is 1. The van der Waals surface area contributed by atoms with Crippen molar-refractivity contribution in [2.45, 2.75) is 11.4 Å². The lowest BCUT2D eigenvalue weighted by atomic mass is 10.1. The summed E-state index contributed by atoms with van der Waals surface area (Å²) < 4.78 is 40.0. The summed E-state index contributed by atoms with van der Waals surface area (Å²) >= 11 is 0. The number of hydrogen-bond donors (Lipinski definition) is 1. The first kappa shape index (κ1) is 20.8. The summed E-state index contributed by atoms with van der Waals surface area (Å²) in [5, 5.41) is 11.3. The van der Waals surface area contributed by atoms with E-state index in [0.29, 0.717) is 18.7 Å². The van der Waals surface area contributed by atoms with Crippen molar-refractivity contribution in [3.63, 3.8) is 0 Å². The minimum absolute atomic E-state index is 0.0476. The van der Waals surface area contributed by atoms with Crippen molar-refractivity contribution < 1.29 is 22.5 Å². The minimum atomic E-state index is -3.81. The highest BCUT2D eigenvalue weighted by Crippen LogP contribution is 2.24. The molecule has 0 bridgehead atoms. The zero-order valence-electron chi connectivity index (χ0n) is 15.3. The summed E-state index contributed by atoms with van der Waals surface area (Å²) in [6.45, 7) is 1.27. The number of nitrogens with zero attached hydrogens (tertiary/aromatic N) is 3. The maximum atomic E-state index is 13.4. The molecule has 0 radical (unpaired) electrons. The van der Waals surface area contributed by atoms with Crippen molar-refractivity contribution in [3.8, 4) is 0 Å². The Balaban J connectivity index is 1.70. The lowest BCUT2D eigenvalue weighted by Crippen LogP contribution is -2.48. The Hall–Kier alpha value is -2.89. The number of nitro benzene ring substituents is 1. The number of carbonyl (C=O) groups is 1. The van der Waals surface area contributed by atoms with Gasteiger partial charge in [-0.2, -0.15) is 4.31 Å². The van der Waals surface area contributed by atoms with E-state index in [-0.39, 0.29) is 35.8 Å². The van der Waals surface area contributed by atoms with Gasteiger partial charge >= 0.3 is 0 Å². The van der Waals surface area contributed by atoms with E-state index < -0.39 is 26.7 Å². The lowest BCUT2D eigenvalue weighted by Gasteiger charge is -2.33. The lowest BCUT2D eigenvalue weighted by molar-refractivity contribution is -0.385. The molecule has 1 aliphatic rings. The van der Waals surface area contributed by atoms with Crippen molar-refractivity contribution in [3.05, 3.63) is 69.5 Å². The molecule has 2 aromatic rings. The molecular weight excluding hydrogens is 403 g/mol. The molecule has 3 rings (SSSR count). The van der Waals surface area contributed by atoms with Crippen LogP contribution in [0.15, 0.2) is 47.4 Å². The third-order valence-electron chi connectivity index (χ3n) is 4.73. The van der Waals surface area contributed by atoms with Crippen LogP contribution in [0.1, 0.15) is 15.9 Å². The second-order valence-corrected chi connectivity index (χ2v) is 8.54. The van der Waals surface area contributed by atoms with Gasteiger partial charge in [-0.15, -0.1) is 0 Å². The number of primary amides is 1. The number of sulfonamides is 1. The first-order chi connectivity index (χ1) is 13.7. The number of amides is 1. The fourth-order valence-electron chi connectivity index (χ4n) is 3.17. The maximum absolute atomic E-state index is 13.4. The predicted octanol–water partition coefficient (Wildman–Crippen LogP) is 1.34. The molecule has 0 spiro atoms. The van der Waals surface area contributed by atoms with Gasteiger partial charge in [-0.05, 0) is 24.3 Å². The number of carbonyl (C=O) groups excluding carboxylic acids is 1. The van der Waals surface area contributed by atoms with E-state index in [1.54, 1.807) is 0 Å². The molecule has 2 N–H and O–H groups in total. The Morgan fingerprint density at radius 2 is 1.83 bits per heavy atom. The van der Waals surface area contributed by atoms with E-state index in [0.717, 1.165) is 12.1 Å². The van der Waals surface area contributed by atoms with Gasteiger partial charge in [0.15, 0.2) is 0 Å². The minimum Gasteiger partial charge on any atom is -0.366 e. The molecule has 1 saturated heterocycles. The Bertz CT molecular complexity index is 1050. The van der Waals surface area contributed by atoms with Crippen molar-refractivity contribution in [2.24, 2.45) is 5.73 Å². The standard InChI is InChI=1S/C18H19FN4O5S/c19-15-2-1-3-16(11-15)29(27,28)22-8-6-21(7-9-22)12-14-5-4-13(18(20)24)10-17(14)23(25)26/h1-5,10-11H,6-9,12H2,(H2,20,24). The van der Waals surface area contributed by atoms with Crippen molar-refractivity contribution in [1.29, 1.82) is 0 Å². The van der Waals surface area contributed by atoms with Gasteiger partial charge in [-0.1, -0.05) is 12.1 Å². The topological polar surface area (TPSA) is 127 Å². The van der Waals surface area contributed by atoms with Gasteiger partial charge in [0.05, 0.1) is 9.82 Å². The van der Waals surface area contributed by atoms with Gasteiger partial charge in [0.1, 0.15) is 5.82 Å². The summed E-state index contributed by atoms with van der Waals surface area (Å²) in [6, 6.07) is 8.88. The van der Waals surface area contributed by atoms with Crippen LogP contribution in [0.3, 0.4) is 0 Å². The summed E-state index contributed by atoms with van der Waals surface area (Å²) in [5.74, 6) is -1.38. The maximum Gasteiger partial charge on any atom is 0.274 e. The highest BCUT2D eigenvalue weighted by molar-refractivity contribution is 7.89. The van der Waals surface area contributed by atoms with E-state index in [1.807, 2.05) is 4.90 Å². The molecule has 1 amide bonds. The van der Waals surface area contributed by atoms with Gasteiger partial charge < -0.3 is 5.73 Å². The molecule has 11 heteroatoms. The number of rotatable bonds is 6. The second kappa shape index (κ2) is 8.23. The summed E-state index contributed by atoms with van der Waals surface area (Å²) in [4.78, 5) is 23.8. The number of hydrogen-bond acceptors (Lipinski definition) is 6. The van der Waals surface area contributed by atoms with Crippen LogP contribution >= 0.6 is 0 Å². The number of nitrogens with two attached hydrogens (primary N) is 1. The van der Waals surface area contributed by atoms with Gasteiger partial charge in [0.25, 0.3) is 5.69 Å². The van der Waals surface area contributed by atoms with E-state index in [2.05, 4.69) is 0 Å². The van der Waals surface area contributed by atoms with Gasteiger partial charge in [0.2, 0.25) is 15.9 Å². The number of benzene rings is 2. The summed E-state index contributed by atoms with van der Waals surface area (Å²) in [7, 11) is -3.81. The predicted molar refractivity (Wildman–Crippen MR) is 102 cm³/mol. The van der Waals surface area contributed by atoms with Crippen molar-refractivity contribution in [1.82, 2.24) is 9.21 Å². The fraction of sp³-hybridized carbons (Fsp3) is 0.278. The molecule has 0 saturated carbocycles. The summed E-state index contributed by atoms with van der Waals surface area (Å²) in [6.07, 6.45) is 0. The van der Waals surface area contributed by atoms with Gasteiger partial charge in [-0.3, -0.25) is 19.8 Å². The average Bonchev–Trinajstić information content (AvgIpc) is 2.68. The highest BCUT2D eigenvalue weighted by atomic mass is 32.2. The van der Waals surface area contributed by atoms with Crippen LogP contribution in [-0.4, -0.2) is 54.6 Å². The number of piperazine rings is 1. The van der Waals surface area contributed by atoms with Gasteiger partial charge in [-0.25, -0.2) is 12.8 Å². The van der Waals surface area contributed by atoms with Gasteiger partial charge in [0, 0.05) is 49.9 Å². The first-order valence-corrected chi connectivity index (χ1v) is 10.2. The van der Waals surface area contributed by atoms with Crippen LogP contribution in [0.4, 0.5) is 10.1 Å². The monoisotopic (exact) mass is 422 g/mol. The third kappa shape index (κ3) is 4.58.